The standard InChI is InChI=1S/C13H28N4O.HI/c1-7-14-12(15-9-8-13(2,3)4)16-10-11(18)17(5)6;/h7-10H2,1-6H3,(H2,14,15,16);1H. The number of carbonyl (C=O) groups is 1. The van der Waals surface area contributed by atoms with Crippen LogP contribution >= 0.6 is 24.0 Å². The predicted octanol–water partition coefficient (Wildman–Crippen LogP) is 1.68. The second-order valence-electron chi connectivity index (χ2n) is 5.72. The summed E-state index contributed by atoms with van der Waals surface area (Å²) in [6.45, 7) is 10.4. The molecule has 0 unspecified atom stereocenters. The Hall–Kier alpha value is -0.530. The highest BCUT2D eigenvalue weighted by atomic mass is 127. The molecule has 0 atom stereocenters. The third-order valence-corrected chi connectivity index (χ3v) is 2.38. The first-order valence-electron chi connectivity index (χ1n) is 6.48. The molecule has 0 saturated heterocycles. The van der Waals surface area contributed by atoms with Crippen LogP contribution in [0.15, 0.2) is 4.99 Å². The maximum atomic E-state index is 11.4. The fraction of sp³-hybridized carbons (Fsp3) is 0.846. The molecule has 5 nitrogen and oxygen atoms in total. The summed E-state index contributed by atoms with van der Waals surface area (Å²) in [5.41, 5.74) is 0.295. The summed E-state index contributed by atoms with van der Waals surface area (Å²) >= 11 is 0. The van der Waals surface area contributed by atoms with E-state index in [1.165, 1.54) is 0 Å². The molecule has 19 heavy (non-hydrogen) atoms. The molecule has 0 aliphatic carbocycles. The molecule has 1 amide bonds. The molecule has 0 aliphatic heterocycles. The number of likely N-dealkylation sites (N-methyl/N-ethyl adjacent to an activating group) is 1. The molecule has 0 aliphatic rings. The summed E-state index contributed by atoms with van der Waals surface area (Å²) in [6, 6.07) is 0. The van der Waals surface area contributed by atoms with Crippen molar-refractivity contribution >= 4 is 35.8 Å². The smallest absolute Gasteiger partial charge is 0.243 e. The van der Waals surface area contributed by atoms with Crippen LogP contribution in [0.5, 0.6) is 0 Å². The lowest BCUT2D eigenvalue weighted by molar-refractivity contribution is -0.127. The molecule has 0 bridgehead atoms. The van der Waals surface area contributed by atoms with Gasteiger partial charge in [0.15, 0.2) is 5.96 Å². The van der Waals surface area contributed by atoms with E-state index < -0.39 is 0 Å². The topological polar surface area (TPSA) is 56.7 Å². The van der Waals surface area contributed by atoms with Crippen molar-refractivity contribution in [1.29, 1.82) is 0 Å². The highest BCUT2D eigenvalue weighted by Crippen LogP contribution is 2.16. The fourth-order valence-electron chi connectivity index (χ4n) is 1.19. The summed E-state index contributed by atoms with van der Waals surface area (Å²) in [4.78, 5) is 17.2. The van der Waals surface area contributed by atoms with E-state index in [0.29, 0.717) is 11.4 Å². The zero-order valence-electron chi connectivity index (χ0n) is 13.0. The van der Waals surface area contributed by atoms with Crippen LogP contribution in [-0.4, -0.2) is 50.5 Å². The van der Waals surface area contributed by atoms with Crippen molar-refractivity contribution in [2.45, 2.75) is 34.1 Å². The summed E-state index contributed by atoms with van der Waals surface area (Å²) in [5.74, 6) is 0.708. The first-order chi connectivity index (χ1) is 8.26. The molecule has 6 heteroatoms. The molecule has 0 saturated carbocycles. The van der Waals surface area contributed by atoms with Crippen molar-refractivity contribution in [3.05, 3.63) is 0 Å². The molecule has 0 heterocycles. The number of aliphatic imine (C=N–C) groups is 1. The maximum Gasteiger partial charge on any atom is 0.243 e. The predicted molar refractivity (Wildman–Crippen MR) is 92.2 cm³/mol. The lowest BCUT2D eigenvalue weighted by Gasteiger charge is -2.19. The molecule has 0 aromatic heterocycles. The third kappa shape index (κ3) is 12.3. The molecular formula is C13H29IN4O. The first kappa shape index (κ1) is 20.8. The third-order valence-electron chi connectivity index (χ3n) is 2.38. The van der Waals surface area contributed by atoms with Gasteiger partial charge in [-0.3, -0.25) is 4.79 Å². The van der Waals surface area contributed by atoms with Gasteiger partial charge in [0.1, 0.15) is 6.54 Å². The van der Waals surface area contributed by atoms with Crippen LogP contribution < -0.4 is 10.6 Å². The Balaban J connectivity index is 0. The van der Waals surface area contributed by atoms with E-state index in [1.807, 2.05) is 6.92 Å². The van der Waals surface area contributed by atoms with Gasteiger partial charge in [-0.1, -0.05) is 20.8 Å². The van der Waals surface area contributed by atoms with Crippen molar-refractivity contribution in [3.8, 4) is 0 Å². The molecule has 114 valence electrons. The summed E-state index contributed by atoms with van der Waals surface area (Å²) in [6.07, 6.45) is 1.05. The SMILES string of the molecule is CCNC(=NCC(=O)N(C)C)NCCC(C)(C)C.I. The van der Waals surface area contributed by atoms with E-state index in [1.54, 1.807) is 19.0 Å². The average molecular weight is 384 g/mol. The van der Waals surface area contributed by atoms with E-state index in [4.69, 9.17) is 0 Å². The van der Waals surface area contributed by atoms with Gasteiger partial charge >= 0.3 is 0 Å². The van der Waals surface area contributed by atoms with Crippen LogP contribution in [0, 0.1) is 5.41 Å². The maximum absolute atomic E-state index is 11.4. The van der Waals surface area contributed by atoms with Crippen LogP contribution in [-0.2, 0) is 4.79 Å². The molecule has 0 fully saturated rings. The summed E-state index contributed by atoms with van der Waals surface area (Å²) < 4.78 is 0. The molecule has 0 aromatic carbocycles. The van der Waals surface area contributed by atoms with Gasteiger partial charge in [-0.25, -0.2) is 4.99 Å². The van der Waals surface area contributed by atoms with Gasteiger partial charge in [-0.2, -0.15) is 0 Å². The van der Waals surface area contributed by atoms with Gasteiger partial charge in [0, 0.05) is 27.2 Å². The second kappa shape index (κ2) is 10.3. The van der Waals surface area contributed by atoms with Gasteiger partial charge in [0.2, 0.25) is 5.91 Å². The normalized spacial score (nSPS) is 11.6. The fourth-order valence-corrected chi connectivity index (χ4v) is 1.19. The minimum Gasteiger partial charge on any atom is -0.357 e. The Morgan fingerprint density at radius 3 is 2.21 bits per heavy atom. The van der Waals surface area contributed by atoms with Gasteiger partial charge in [0.05, 0.1) is 0 Å². The Kier molecular flexibility index (Phi) is 11.2. The number of rotatable bonds is 5. The lowest BCUT2D eigenvalue weighted by atomic mass is 9.92. The number of hydrogen-bond acceptors (Lipinski definition) is 2. The number of nitrogens with one attached hydrogen (secondary N) is 2. The lowest BCUT2D eigenvalue weighted by Crippen LogP contribution is -2.39. The van der Waals surface area contributed by atoms with E-state index in [2.05, 4.69) is 36.4 Å². The molecule has 0 rings (SSSR count). The van der Waals surface area contributed by atoms with Crippen LogP contribution in [0.4, 0.5) is 0 Å². The van der Waals surface area contributed by atoms with E-state index >= 15 is 0 Å². The molecule has 0 spiro atoms. The molecule has 0 radical (unpaired) electrons. The van der Waals surface area contributed by atoms with Crippen LogP contribution in [0.25, 0.3) is 0 Å². The number of guanidine groups is 1. The van der Waals surface area contributed by atoms with Gasteiger partial charge in [0.25, 0.3) is 0 Å². The van der Waals surface area contributed by atoms with Crippen LogP contribution in [0.2, 0.25) is 0 Å². The Labute approximate surface area is 134 Å². The largest absolute Gasteiger partial charge is 0.357 e. The Bertz CT molecular complexity index is 285. The van der Waals surface area contributed by atoms with E-state index in [0.717, 1.165) is 19.5 Å². The quantitative estimate of drug-likeness (QED) is 0.431. The monoisotopic (exact) mass is 384 g/mol. The van der Waals surface area contributed by atoms with Gasteiger partial charge in [-0.15, -0.1) is 24.0 Å². The minimum atomic E-state index is 0. The van der Waals surface area contributed by atoms with Crippen LogP contribution in [0.3, 0.4) is 0 Å². The zero-order chi connectivity index (χ0) is 14.2. The number of carbonyl (C=O) groups excluding carboxylic acids is 1. The number of hydrogen-bond donors (Lipinski definition) is 2. The molecule has 0 aromatic rings. The highest BCUT2D eigenvalue weighted by Gasteiger charge is 2.10. The van der Waals surface area contributed by atoms with Gasteiger partial charge < -0.3 is 15.5 Å². The second-order valence-corrected chi connectivity index (χ2v) is 5.72. The first-order valence-corrected chi connectivity index (χ1v) is 6.48. The summed E-state index contributed by atoms with van der Waals surface area (Å²) in [5, 5.41) is 6.37. The van der Waals surface area contributed by atoms with Crippen molar-refractivity contribution in [2.24, 2.45) is 10.4 Å². The Morgan fingerprint density at radius 2 is 1.79 bits per heavy atom. The average Bonchev–Trinajstić information content (AvgIpc) is 2.23. The summed E-state index contributed by atoms with van der Waals surface area (Å²) in [7, 11) is 3.47. The highest BCUT2D eigenvalue weighted by molar-refractivity contribution is 14.0. The minimum absolute atomic E-state index is 0. The van der Waals surface area contributed by atoms with Crippen molar-refractivity contribution in [2.75, 3.05) is 33.7 Å². The number of amides is 1. The van der Waals surface area contributed by atoms with E-state index in [-0.39, 0.29) is 36.4 Å². The van der Waals surface area contributed by atoms with Crippen molar-refractivity contribution in [1.82, 2.24) is 15.5 Å². The Morgan fingerprint density at radius 1 is 1.21 bits per heavy atom. The van der Waals surface area contributed by atoms with Crippen molar-refractivity contribution < 1.29 is 4.79 Å². The van der Waals surface area contributed by atoms with Gasteiger partial charge in [-0.05, 0) is 18.8 Å². The molecular weight excluding hydrogens is 355 g/mol. The zero-order valence-corrected chi connectivity index (χ0v) is 15.4. The van der Waals surface area contributed by atoms with E-state index in [9.17, 15) is 4.79 Å². The number of halogens is 1. The van der Waals surface area contributed by atoms with Crippen LogP contribution in [0.1, 0.15) is 34.1 Å². The number of nitrogens with zero attached hydrogens (tertiary/aromatic N) is 2. The van der Waals surface area contributed by atoms with Crippen molar-refractivity contribution in [3.63, 3.8) is 0 Å². The molecule has 2 N–H and O–H groups in total.